The van der Waals surface area contributed by atoms with Crippen LogP contribution in [-0.4, -0.2) is 17.6 Å². The fourth-order valence-corrected chi connectivity index (χ4v) is 1.88. The van der Waals surface area contributed by atoms with Crippen molar-refractivity contribution >= 4 is 5.91 Å². The summed E-state index contributed by atoms with van der Waals surface area (Å²) in [5, 5.41) is 12.7. The van der Waals surface area contributed by atoms with Gasteiger partial charge in [-0.2, -0.15) is 0 Å². The Bertz CT molecular complexity index is 533. The molecule has 1 heterocycles. The summed E-state index contributed by atoms with van der Waals surface area (Å²) in [5.74, 6) is 0.424. The lowest BCUT2D eigenvalue weighted by molar-refractivity contribution is 0.0941. The van der Waals surface area contributed by atoms with Crippen molar-refractivity contribution in [1.82, 2.24) is 5.32 Å². The Morgan fingerprint density at radius 2 is 2.05 bits per heavy atom. The van der Waals surface area contributed by atoms with Crippen molar-refractivity contribution in [1.29, 1.82) is 0 Å². The summed E-state index contributed by atoms with van der Waals surface area (Å²) in [6, 6.07) is 11.0. The van der Waals surface area contributed by atoms with Crippen LogP contribution in [0.3, 0.4) is 0 Å². The molecule has 4 nitrogen and oxygen atoms in total. The number of carbonyl (C=O) groups is 1. The van der Waals surface area contributed by atoms with Gasteiger partial charge < -0.3 is 14.8 Å². The summed E-state index contributed by atoms with van der Waals surface area (Å²) in [7, 11) is 0. The van der Waals surface area contributed by atoms with Gasteiger partial charge in [-0.25, -0.2) is 0 Å². The van der Waals surface area contributed by atoms with Gasteiger partial charge in [-0.15, -0.1) is 0 Å². The molecule has 2 aromatic rings. The van der Waals surface area contributed by atoms with Crippen LogP contribution < -0.4 is 5.32 Å². The Morgan fingerprint density at radius 1 is 1.32 bits per heavy atom. The average molecular weight is 259 g/mol. The van der Waals surface area contributed by atoms with Gasteiger partial charge in [0.05, 0.1) is 17.9 Å². The molecule has 0 saturated carbocycles. The lowest BCUT2D eigenvalue weighted by atomic mass is 10.1. The van der Waals surface area contributed by atoms with E-state index < -0.39 is 6.10 Å². The molecule has 0 aliphatic heterocycles. The molecular weight excluding hydrogens is 242 g/mol. The highest BCUT2D eigenvalue weighted by molar-refractivity contribution is 5.94. The molecule has 100 valence electrons. The van der Waals surface area contributed by atoms with Crippen LogP contribution in [0.4, 0.5) is 0 Å². The maximum atomic E-state index is 11.8. The Balaban J connectivity index is 1.81. The monoisotopic (exact) mass is 259 g/mol. The molecule has 2 N–H and O–H groups in total. The molecule has 2 rings (SSSR count). The maximum Gasteiger partial charge on any atom is 0.254 e. The summed E-state index contributed by atoms with van der Waals surface area (Å²) >= 11 is 0. The molecule has 0 aliphatic carbocycles. The van der Waals surface area contributed by atoms with E-state index in [1.165, 1.54) is 6.26 Å². The van der Waals surface area contributed by atoms with E-state index in [2.05, 4.69) is 5.32 Å². The third kappa shape index (κ3) is 3.45. The number of aliphatic hydroxyl groups is 1. The molecule has 1 amide bonds. The quantitative estimate of drug-likeness (QED) is 0.867. The van der Waals surface area contributed by atoms with Gasteiger partial charge in [0.15, 0.2) is 0 Å². The molecule has 0 aliphatic rings. The van der Waals surface area contributed by atoms with Crippen LogP contribution in [0, 0.1) is 6.92 Å². The zero-order chi connectivity index (χ0) is 13.7. The summed E-state index contributed by atoms with van der Waals surface area (Å²) < 4.78 is 5.07. The first-order valence-electron chi connectivity index (χ1n) is 6.24. The third-order valence-corrected chi connectivity index (χ3v) is 2.99. The fraction of sp³-hybridized carbons (Fsp3) is 0.267. The topological polar surface area (TPSA) is 62.5 Å². The molecule has 0 spiro atoms. The lowest BCUT2D eigenvalue weighted by Gasteiger charge is -2.11. The van der Waals surface area contributed by atoms with E-state index in [0.29, 0.717) is 24.3 Å². The number of carbonyl (C=O) groups excluding carboxylic acids is 1. The second-order valence-corrected chi connectivity index (χ2v) is 4.36. The molecule has 4 heteroatoms. The number of benzene rings is 1. The van der Waals surface area contributed by atoms with E-state index in [9.17, 15) is 9.90 Å². The third-order valence-electron chi connectivity index (χ3n) is 2.99. The van der Waals surface area contributed by atoms with Crippen molar-refractivity contribution in [2.75, 3.05) is 6.54 Å². The second-order valence-electron chi connectivity index (χ2n) is 4.36. The highest BCUT2D eigenvalue weighted by atomic mass is 16.3. The van der Waals surface area contributed by atoms with Crippen molar-refractivity contribution in [2.24, 2.45) is 0 Å². The number of furan rings is 1. The van der Waals surface area contributed by atoms with E-state index in [1.807, 2.05) is 30.3 Å². The highest BCUT2D eigenvalue weighted by Crippen LogP contribution is 2.15. The van der Waals surface area contributed by atoms with Crippen molar-refractivity contribution in [3.05, 3.63) is 59.5 Å². The van der Waals surface area contributed by atoms with Gasteiger partial charge in [-0.05, 0) is 25.0 Å². The first-order valence-corrected chi connectivity index (χ1v) is 6.24. The van der Waals surface area contributed by atoms with Crippen LogP contribution in [0.5, 0.6) is 0 Å². The van der Waals surface area contributed by atoms with Crippen molar-refractivity contribution in [3.8, 4) is 0 Å². The zero-order valence-electron chi connectivity index (χ0n) is 10.8. The largest absolute Gasteiger partial charge is 0.469 e. The molecule has 0 radical (unpaired) electrons. The van der Waals surface area contributed by atoms with Crippen LogP contribution in [0.15, 0.2) is 47.1 Å². The number of hydrogen-bond acceptors (Lipinski definition) is 3. The number of rotatable bonds is 5. The standard InChI is InChI=1S/C15H17NO3/c1-11-13(8-10-19-11)15(18)16-9-7-14(17)12-5-3-2-4-6-12/h2-6,8,10,14,17H,7,9H2,1H3,(H,16,18). The Hall–Kier alpha value is -2.07. The zero-order valence-corrected chi connectivity index (χ0v) is 10.8. The van der Waals surface area contributed by atoms with Gasteiger partial charge in [0.25, 0.3) is 5.91 Å². The number of aryl methyl sites for hydroxylation is 1. The van der Waals surface area contributed by atoms with Crippen LogP contribution >= 0.6 is 0 Å². The van der Waals surface area contributed by atoms with Crippen LogP contribution in [-0.2, 0) is 0 Å². The molecule has 0 saturated heterocycles. The van der Waals surface area contributed by atoms with Crippen molar-refractivity contribution in [3.63, 3.8) is 0 Å². The summed E-state index contributed by atoms with van der Waals surface area (Å²) in [6.45, 7) is 2.16. The molecule has 1 unspecified atom stereocenters. The van der Waals surface area contributed by atoms with E-state index in [0.717, 1.165) is 5.56 Å². The Labute approximate surface area is 112 Å². The minimum atomic E-state index is -0.563. The van der Waals surface area contributed by atoms with Crippen molar-refractivity contribution < 1.29 is 14.3 Å². The van der Waals surface area contributed by atoms with Gasteiger partial charge >= 0.3 is 0 Å². The second kappa shape index (κ2) is 6.20. The van der Waals surface area contributed by atoms with Crippen LogP contribution in [0.2, 0.25) is 0 Å². The van der Waals surface area contributed by atoms with Crippen LogP contribution in [0.25, 0.3) is 0 Å². The van der Waals surface area contributed by atoms with Gasteiger partial charge in [0, 0.05) is 6.54 Å². The summed E-state index contributed by atoms with van der Waals surface area (Å²) in [5.41, 5.74) is 1.39. The molecular formula is C15H17NO3. The SMILES string of the molecule is Cc1occc1C(=O)NCCC(O)c1ccccc1. The van der Waals surface area contributed by atoms with Crippen molar-refractivity contribution in [2.45, 2.75) is 19.4 Å². The number of aliphatic hydroxyl groups excluding tert-OH is 1. The van der Waals surface area contributed by atoms with E-state index in [-0.39, 0.29) is 5.91 Å². The highest BCUT2D eigenvalue weighted by Gasteiger charge is 2.12. The minimum absolute atomic E-state index is 0.175. The van der Waals surface area contributed by atoms with Crippen LogP contribution in [0.1, 0.15) is 34.2 Å². The molecule has 1 aromatic carbocycles. The van der Waals surface area contributed by atoms with E-state index in [1.54, 1.807) is 13.0 Å². The Kier molecular flexibility index (Phi) is 4.36. The summed E-state index contributed by atoms with van der Waals surface area (Å²) in [4.78, 5) is 11.8. The molecule has 0 fully saturated rings. The molecule has 1 atom stereocenters. The summed E-state index contributed by atoms with van der Waals surface area (Å²) in [6.07, 6.45) is 1.40. The fourth-order valence-electron chi connectivity index (χ4n) is 1.88. The first-order chi connectivity index (χ1) is 9.18. The number of nitrogens with one attached hydrogen (secondary N) is 1. The smallest absolute Gasteiger partial charge is 0.254 e. The van der Waals surface area contributed by atoms with Gasteiger partial charge in [-0.3, -0.25) is 4.79 Å². The average Bonchev–Trinajstić information content (AvgIpc) is 2.86. The normalized spacial score (nSPS) is 12.1. The van der Waals surface area contributed by atoms with Gasteiger partial charge in [0.2, 0.25) is 0 Å². The van der Waals surface area contributed by atoms with Gasteiger partial charge in [0.1, 0.15) is 5.76 Å². The predicted octanol–water partition coefficient (Wildman–Crippen LogP) is 2.44. The van der Waals surface area contributed by atoms with E-state index >= 15 is 0 Å². The molecule has 19 heavy (non-hydrogen) atoms. The van der Waals surface area contributed by atoms with Gasteiger partial charge in [-0.1, -0.05) is 30.3 Å². The minimum Gasteiger partial charge on any atom is -0.469 e. The number of amides is 1. The lowest BCUT2D eigenvalue weighted by Crippen LogP contribution is -2.25. The Morgan fingerprint density at radius 3 is 2.68 bits per heavy atom. The molecule has 0 bridgehead atoms. The predicted molar refractivity (Wildman–Crippen MR) is 71.8 cm³/mol. The van der Waals surface area contributed by atoms with E-state index in [4.69, 9.17) is 4.42 Å². The molecule has 1 aromatic heterocycles. The number of hydrogen-bond donors (Lipinski definition) is 2. The first kappa shape index (κ1) is 13.4. The maximum absolute atomic E-state index is 11.8.